The van der Waals surface area contributed by atoms with E-state index in [0.717, 1.165) is 32.5 Å². The zero-order valence-corrected chi connectivity index (χ0v) is 14.4. The van der Waals surface area contributed by atoms with Crippen LogP contribution in [0.15, 0.2) is 0 Å². The van der Waals surface area contributed by atoms with Gasteiger partial charge in [0, 0.05) is 32.1 Å². The molecule has 1 atom stereocenters. The number of nitrogens with one attached hydrogen (secondary N) is 2. The van der Waals surface area contributed by atoms with Crippen molar-refractivity contribution in [2.75, 3.05) is 26.2 Å². The standard InChI is InChI=1S/C16H28N4O3/c1-4-9-19(12-7-8-17-11-12)13(21)6-5-10-20-14(22)16(2,3)18-15(20)23/h12,17H,4-11H2,1-3H3,(H,18,23). The van der Waals surface area contributed by atoms with Gasteiger partial charge in [0.15, 0.2) is 0 Å². The molecule has 2 saturated heterocycles. The molecule has 0 aromatic heterocycles. The number of carbonyl (C=O) groups excluding carboxylic acids is 3. The molecule has 7 nitrogen and oxygen atoms in total. The summed E-state index contributed by atoms with van der Waals surface area (Å²) in [5, 5.41) is 5.94. The molecule has 7 heteroatoms. The lowest BCUT2D eigenvalue weighted by Gasteiger charge is -2.28. The number of hydrogen-bond acceptors (Lipinski definition) is 4. The van der Waals surface area contributed by atoms with Gasteiger partial charge in [0.05, 0.1) is 0 Å². The molecule has 0 radical (unpaired) electrons. The third-order valence-corrected chi connectivity index (χ3v) is 4.48. The summed E-state index contributed by atoms with van der Waals surface area (Å²) >= 11 is 0. The van der Waals surface area contributed by atoms with E-state index >= 15 is 0 Å². The van der Waals surface area contributed by atoms with E-state index in [4.69, 9.17) is 0 Å². The van der Waals surface area contributed by atoms with E-state index < -0.39 is 5.54 Å². The van der Waals surface area contributed by atoms with Crippen molar-refractivity contribution in [1.29, 1.82) is 0 Å². The smallest absolute Gasteiger partial charge is 0.325 e. The Balaban J connectivity index is 1.83. The Morgan fingerprint density at radius 2 is 2.13 bits per heavy atom. The Morgan fingerprint density at radius 3 is 2.65 bits per heavy atom. The molecular weight excluding hydrogens is 296 g/mol. The number of imide groups is 1. The van der Waals surface area contributed by atoms with Crippen molar-refractivity contribution >= 4 is 17.8 Å². The van der Waals surface area contributed by atoms with Crippen LogP contribution in [0, 0.1) is 0 Å². The first-order valence-electron chi connectivity index (χ1n) is 8.51. The third kappa shape index (κ3) is 4.02. The van der Waals surface area contributed by atoms with Crippen molar-refractivity contribution in [2.45, 2.75) is 58.0 Å². The maximum atomic E-state index is 12.5. The van der Waals surface area contributed by atoms with Gasteiger partial charge in [0.1, 0.15) is 5.54 Å². The normalized spacial score (nSPS) is 23.3. The molecule has 2 aliphatic heterocycles. The largest absolute Gasteiger partial charge is 0.338 e. The molecule has 0 spiro atoms. The highest BCUT2D eigenvalue weighted by Crippen LogP contribution is 2.18. The van der Waals surface area contributed by atoms with Gasteiger partial charge >= 0.3 is 6.03 Å². The molecule has 1 unspecified atom stereocenters. The van der Waals surface area contributed by atoms with E-state index in [1.54, 1.807) is 13.8 Å². The first kappa shape index (κ1) is 17.7. The van der Waals surface area contributed by atoms with Crippen molar-refractivity contribution in [3.05, 3.63) is 0 Å². The van der Waals surface area contributed by atoms with Gasteiger partial charge in [-0.05, 0) is 39.7 Å². The highest BCUT2D eigenvalue weighted by atomic mass is 16.2. The van der Waals surface area contributed by atoms with Gasteiger partial charge in [-0.3, -0.25) is 14.5 Å². The number of amides is 4. The molecule has 2 rings (SSSR count). The van der Waals surface area contributed by atoms with Crippen LogP contribution >= 0.6 is 0 Å². The second-order valence-corrected chi connectivity index (χ2v) is 6.85. The second kappa shape index (κ2) is 7.29. The van der Waals surface area contributed by atoms with Gasteiger partial charge in [-0.2, -0.15) is 0 Å². The second-order valence-electron chi connectivity index (χ2n) is 6.85. The summed E-state index contributed by atoms with van der Waals surface area (Å²) in [5.41, 5.74) is -0.842. The van der Waals surface area contributed by atoms with Crippen LogP contribution in [0.3, 0.4) is 0 Å². The van der Waals surface area contributed by atoms with Gasteiger partial charge in [-0.15, -0.1) is 0 Å². The monoisotopic (exact) mass is 324 g/mol. The van der Waals surface area contributed by atoms with Crippen molar-refractivity contribution in [2.24, 2.45) is 0 Å². The Morgan fingerprint density at radius 1 is 1.39 bits per heavy atom. The van der Waals surface area contributed by atoms with Crippen LogP contribution in [0.25, 0.3) is 0 Å². The molecule has 23 heavy (non-hydrogen) atoms. The maximum absolute atomic E-state index is 12.5. The SMILES string of the molecule is CCCN(C(=O)CCCN1C(=O)NC(C)(C)C1=O)C1CCNC1. The van der Waals surface area contributed by atoms with E-state index in [0.29, 0.717) is 19.4 Å². The Labute approximate surface area is 137 Å². The minimum atomic E-state index is -0.842. The number of rotatable bonds is 7. The first-order chi connectivity index (χ1) is 10.9. The zero-order valence-electron chi connectivity index (χ0n) is 14.4. The summed E-state index contributed by atoms with van der Waals surface area (Å²) in [6.07, 6.45) is 2.80. The molecule has 130 valence electrons. The van der Waals surface area contributed by atoms with Gasteiger partial charge in [0.2, 0.25) is 5.91 Å². The number of nitrogens with zero attached hydrogens (tertiary/aromatic N) is 2. The van der Waals surface area contributed by atoms with Crippen LogP contribution in [0.5, 0.6) is 0 Å². The summed E-state index contributed by atoms with van der Waals surface area (Å²) in [6.45, 7) is 8.31. The average Bonchev–Trinajstić information content (AvgIpc) is 3.07. The van der Waals surface area contributed by atoms with E-state index in [9.17, 15) is 14.4 Å². The Hall–Kier alpha value is -1.63. The fourth-order valence-electron chi connectivity index (χ4n) is 3.21. The van der Waals surface area contributed by atoms with Crippen LogP contribution in [0.2, 0.25) is 0 Å². The predicted octanol–water partition coefficient (Wildman–Crippen LogP) is 0.698. The Kier molecular flexibility index (Phi) is 5.62. The number of carbonyl (C=O) groups is 3. The van der Waals surface area contributed by atoms with E-state index in [2.05, 4.69) is 17.6 Å². The summed E-state index contributed by atoms with van der Waals surface area (Å²) in [6, 6.07) is -0.0871. The highest BCUT2D eigenvalue weighted by Gasteiger charge is 2.43. The number of hydrogen-bond donors (Lipinski definition) is 2. The molecule has 0 bridgehead atoms. The van der Waals surface area contributed by atoms with Crippen molar-refractivity contribution in [1.82, 2.24) is 20.4 Å². The molecule has 0 aromatic carbocycles. The quantitative estimate of drug-likeness (QED) is 0.675. The molecule has 0 aromatic rings. The number of urea groups is 1. The molecule has 4 amide bonds. The first-order valence-corrected chi connectivity index (χ1v) is 8.51. The predicted molar refractivity (Wildman–Crippen MR) is 86.8 cm³/mol. The fraction of sp³-hybridized carbons (Fsp3) is 0.812. The van der Waals surface area contributed by atoms with Crippen molar-refractivity contribution in [3.8, 4) is 0 Å². The molecule has 2 heterocycles. The van der Waals surface area contributed by atoms with Crippen LogP contribution in [-0.2, 0) is 9.59 Å². The lowest BCUT2D eigenvalue weighted by molar-refractivity contribution is -0.134. The van der Waals surface area contributed by atoms with Crippen molar-refractivity contribution < 1.29 is 14.4 Å². The molecule has 0 aliphatic carbocycles. The maximum Gasteiger partial charge on any atom is 0.325 e. The molecule has 2 N–H and O–H groups in total. The van der Waals surface area contributed by atoms with Crippen LogP contribution in [0.4, 0.5) is 4.79 Å². The van der Waals surface area contributed by atoms with Gasteiger partial charge in [0.25, 0.3) is 5.91 Å². The van der Waals surface area contributed by atoms with Crippen LogP contribution in [-0.4, -0.2) is 65.4 Å². The summed E-state index contributed by atoms with van der Waals surface area (Å²) < 4.78 is 0. The van der Waals surface area contributed by atoms with E-state index in [-0.39, 0.29) is 23.9 Å². The lowest BCUT2D eigenvalue weighted by atomic mass is 10.1. The molecule has 0 saturated carbocycles. The van der Waals surface area contributed by atoms with E-state index in [1.165, 1.54) is 4.90 Å². The van der Waals surface area contributed by atoms with Crippen LogP contribution < -0.4 is 10.6 Å². The topological polar surface area (TPSA) is 81.8 Å². The van der Waals surface area contributed by atoms with Gasteiger partial charge in [-0.1, -0.05) is 6.92 Å². The lowest BCUT2D eigenvalue weighted by Crippen LogP contribution is -2.42. The Bertz CT molecular complexity index is 472. The molecule has 2 aliphatic rings. The summed E-state index contributed by atoms with van der Waals surface area (Å²) in [4.78, 5) is 39.6. The summed E-state index contributed by atoms with van der Waals surface area (Å²) in [7, 11) is 0. The zero-order chi connectivity index (χ0) is 17.0. The van der Waals surface area contributed by atoms with E-state index in [1.807, 2.05) is 4.90 Å². The fourth-order valence-corrected chi connectivity index (χ4v) is 3.21. The molecule has 2 fully saturated rings. The van der Waals surface area contributed by atoms with Crippen LogP contribution in [0.1, 0.15) is 46.5 Å². The van der Waals surface area contributed by atoms with Gasteiger partial charge < -0.3 is 15.5 Å². The minimum absolute atomic E-state index is 0.117. The molecular formula is C16H28N4O3. The minimum Gasteiger partial charge on any atom is -0.338 e. The average molecular weight is 324 g/mol. The summed E-state index contributed by atoms with van der Waals surface area (Å²) in [5.74, 6) is -0.104. The van der Waals surface area contributed by atoms with Gasteiger partial charge in [-0.25, -0.2) is 4.79 Å². The van der Waals surface area contributed by atoms with Crippen molar-refractivity contribution in [3.63, 3.8) is 0 Å². The third-order valence-electron chi connectivity index (χ3n) is 4.48. The highest BCUT2D eigenvalue weighted by molar-refractivity contribution is 6.06.